The molecule has 0 unspecified atom stereocenters. The number of hydrogen-bond donors (Lipinski definition) is 0. The van der Waals surface area contributed by atoms with Gasteiger partial charge in [0.15, 0.2) is 6.29 Å². The van der Waals surface area contributed by atoms with Gasteiger partial charge in [-0.3, -0.25) is 4.79 Å². The second-order valence-electron chi connectivity index (χ2n) is 3.92. The van der Waals surface area contributed by atoms with Crippen molar-refractivity contribution in [3.05, 3.63) is 63.7 Å². The summed E-state index contributed by atoms with van der Waals surface area (Å²) in [5.41, 5.74) is 2.26. The smallest absolute Gasteiger partial charge is 0.151 e. The molecule has 0 radical (unpaired) electrons. The Morgan fingerprint density at radius 2 is 2.00 bits per heavy atom. The summed E-state index contributed by atoms with van der Waals surface area (Å²) in [7, 11) is 0. The summed E-state index contributed by atoms with van der Waals surface area (Å²) in [6.07, 6.45) is 2.09. The molecule has 0 fully saturated rings. The summed E-state index contributed by atoms with van der Waals surface area (Å²) < 4.78 is 13.1. The van der Waals surface area contributed by atoms with E-state index in [1.54, 1.807) is 6.07 Å². The van der Waals surface area contributed by atoms with Crippen LogP contribution in [0.4, 0.5) is 4.39 Å². The number of carbonyl (C=O) groups is 1. The van der Waals surface area contributed by atoms with Gasteiger partial charge in [-0.1, -0.05) is 29.5 Å². The largest absolute Gasteiger partial charge is 0.298 e. The molecule has 1 heterocycles. The van der Waals surface area contributed by atoms with Gasteiger partial charge in [0.05, 0.1) is 5.56 Å². The predicted octanol–water partition coefficient (Wildman–Crippen LogP) is 3.39. The molecule has 0 saturated heterocycles. The molecule has 0 bridgehead atoms. The third-order valence-electron chi connectivity index (χ3n) is 2.56. The van der Waals surface area contributed by atoms with Gasteiger partial charge in [0, 0.05) is 17.3 Å². The number of halogens is 2. The average molecular weight is 274 g/mol. The number of aldehydes is 1. The first-order valence-electron chi connectivity index (χ1n) is 5.49. The fourth-order valence-corrected chi connectivity index (χ4v) is 1.68. The molecule has 2 aromatic rings. The number of aromatic nitrogens is 1. The van der Waals surface area contributed by atoms with Crippen molar-refractivity contribution in [1.29, 1.82) is 0 Å². The molecule has 0 N–H and O–H groups in total. The molecule has 1 aromatic heterocycles. The normalized spacial score (nSPS) is 9.63. The van der Waals surface area contributed by atoms with Crippen LogP contribution in [0.2, 0.25) is 5.15 Å². The summed E-state index contributed by atoms with van der Waals surface area (Å²) in [5, 5.41) is 0.231. The first-order chi connectivity index (χ1) is 9.10. The average Bonchev–Trinajstić information content (AvgIpc) is 2.40. The summed E-state index contributed by atoms with van der Waals surface area (Å²) in [5.74, 6) is 5.29. The summed E-state index contributed by atoms with van der Waals surface area (Å²) in [6, 6.07) is 5.82. The topological polar surface area (TPSA) is 30.0 Å². The van der Waals surface area contributed by atoms with E-state index in [1.807, 2.05) is 6.92 Å². The van der Waals surface area contributed by atoms with Crippen molar-refractivity contribution in [3.8, 4) is 11.8 Å². The SMILES string of the molecule is Cc1ccc(F)cc1C#Cc1cnc(Cl)cc1C=O. The number of aryl methyl sites for hydroxylation is 1. The van der Waals surface area contributed by atoms with E-state index in [9.17, 15) is 9.18 Å². The highest BCUT2D eigenvalue weighted by Crippen LogP contribution is 2.12. The highest BCUT2D eigenvalue weighted by atomic mass is 35.5. The highest BCUT2D eigenvalue weighted by Gasteiger charge is 2.01. The van der Waals surface area contributed by atoms with Gasteiger partial charge in [0.2, 0.25) is 0 Å². The van der Waals surface area contributed by atoms with Gasteiger partial charge in [-0.25, -0.2) is 9.37 Å². The molecule has 2 nitrogen and oxygen atoms in total. The van der Waals surface area contributed by atoms with E-state index in [0.29, 0.717) is 23.0 Å². The van der Waals surface area contributed by atoms with Crippen LogP contribution in [0.1, 0.15) is 27.0 Å². The van der Waals surface area contributed by atoms with Crippen molar-refractivity contribution in [1.82, 2.24) is 4.98 Å². The van der Waals surface area contributed by atoms with Crippen LogP contribution in [0.25, 0.3) is 0 Å². The third kappa shape index (κ3) is 3.18. The van der Waals surface area contributed by atoms with Crippen molar-refractivity contribution in [2.24, 2.45) is 0 Å². The third-order valence-corrected chi connectivity index (χ3v) is 2.77. The summed E-state index contributed by atoms with van der Waals surface area (Å²) in [6.45, 7) is 1.84. The first-order valence-corrected chi connectivity index (χ1v) is 5.87. The van der Waals surface area contributed by atoms with Gasteiger partial charge < -0.3 is 0 Å². The van der Waals surface area contributed by atoms with Crippen LogP contribution >= 0.6 is 11.6 Å². The molecule has 1 aromatic carbocycles. The van der Waals surface area contributed by atoms with Crippen LogP contribution in [0, 0.1) is 24.6 Å². The fraction of sp³-hybridized carbons (Fsp3) is 0.0667. The minimum atomic E-state index is -0.347. The van der Waals surface area contributed by atoms with Crippen molar-refractivity contribution < 1.29 is 9.18 Å². The zero-order valence-corrected chi connectivity index (χ0v) is 10.8. The maximum absolute atomic E-state index is 13.1. The second kappa shape index (κ2) is 5.64. The minimum absolute atomic E-state index is 0.231. The van der Waals surface area contributed by atoms with Gasteiger partial charge in [0.1, 0.15) is 11.0 Å². The molecule has 0 aliphatic heterocycles. The Labute approximate surface area is 115 Å². The predicted molar refractivity (Wildman–Crippen MR) is 71.8 cm³/mol. The fourth-order valence-electron chi connectivity index (χ4n) is 1.51. The number of pyridine rings is 1. The molecule has 0 amide bonds. The van der Waals surface area contributed by atoms with E-state index < -0.39 is 0 Å². The molecule has 0 saturated carbocycles. The monoisotopic (exact) mass is 273 g/mol. The minimum Gasteiger partial charge on any atom is -0.298 e. The van der Waals surface area contributed by atoms with Crippen molar-refractivity contribution >= 4 is 17.9 Å². The molecular formula is C15H9ClFNO. The Morgan fingerprint density at radius 1 is 1.26 bits per heavy atom. The van der Waals surface area contributed by atoms with Crippen LogP contribution in [-0.4, -0.2) is 11.3 Å². The molecule has 0 aliphatic rings. The van der Waals surface area contributed by atoms with Crippen LogP contribution in [0.3, 0.4) is 0 Å². The zero-order chi connectivity index (χ0) is 13.8. The Bertz CT molecular complexity index is 701. The Morgan fingerprint density at radius 3 is 2.74 bits per heavy atom. The summed E-state index contributed by atoms with van der Waals surface area (Å²) in [4.78, 5) is 14.8. The first kappa shape index (κ1) is 13.3. The quantitative estimate of drug-likeness (QED) is 0.453. The Hall–Kier alpha value is -2.18. The van der Waals surface area contributed by atoms with Crippen molar-refractivity contribution in [3.63, 3.8) is 0 Å². The lowest BCUT2D eigenvalue weighted by atomic mass is 10.1. The number of carbonyl (C=O) groups excluding carboxylic acids is 1. The number of rotatable bonds is 1. The molecule has 19 heavy (non-hydrogen) atoms. The van der Waals surface area contributed by atoms with E-state index in [2.05, 4.69) is 16.8 Å². The highest BCUT2D eigenvalue weighted by molar-refractivity contribution is 6.29. The Kier molecular flexibility index (Phi) is 3.94. The molecule has 0 atom stereocenters. The van der Waals surface area contributed by atoms with Crippen molar-refractivity contribution in [2.45, 2.75) is 6.92 Å². The lowest BCUT2D eigenvalue weighted by Gasteiger charge is -1.98. The van der Waals surface area contributed by atoms with E-state index in [1.165, 1.54) is 24.4 Å². The molecule has 0 aliphatic carbocycles. The number of hydrogen-bond acceptors (Lipinski definition) is 2. The van der Waals surface area contributed by atoms with Gasteiger partial charge in [-0.15, -0.1) is 0 Å². The van der Waals surface area contributed by atoms with Crippen LogP contribution in [-0.2, 0) is 0 Å². The molecule has 94 valence electrons. The Balaban J connectivity index is 2.44. The zero-order valence-electron chi connectivity index (χ0n) is 10.1. The van der Waals surface area contributed by atoms with E-state index in [4.69, 9.17) is 11.6 Å². The molecule has 4 heteroatoms. The van der Waals surface area contributed by atoms with E-state index in [0.717, 1.165) is 5.56 Å². The lowest BCUT2D eigenvalue weighted by Crippen LogP contribution is -1.90. The van der Waals surface area contributed by atoms with Gasteiger partial charge in [-0.2, -0.15) is 0 Å². The van der Waals surface area contributed by atoms with E-state index >= 15 is 0 Å². The molecule has 2 rings (SSSR count). The number of benzene rings is 1. The number of nitrogens with zero attached hydrogens (tertiary/aromatic N) is 1. The second-order valence-corrected chi connectivity index (χ2v) is 4.31. The van der Waals surface area contributed by atoms with Gasteiger partial charge >= 0.3 is 0 Å². The van der Waals surface area contributed by atoms with Gasteiger partial charge in [-0.05, 0) is 30.7 Å². The molecule has 0 spiro atoms. The van der Waals surface area contributed by atoms with Crippen molar-refractivity contribution in [2.75, 3.05) is 0 Å². The van der Waals surface area contributed by atoms with E-state index in [-0.39, 0.29) is 11.0 Å². The van der Waals surface area contributed by atoms with Crippen LogP contribution in [0.15, 0.2) is 30.5 Å². The van der Waals surface area contributed by atoms with Crippen LogP contribution in [0.5, 0.6) is 0 Å². The standard InChI is InChI=1S/C15H9ClFNO/c1-10-2-5-14(17)6-11(10)3-4-12-8-18-15(16)7-13(12)9-19/h2,5-9H,1H3. The summed E-state index contributed by atoms with van der Waals surface area (Å²) >= 11 is 5.69. The lowest BCUT2D eigenvalue weighted by molar-refractivity contribution is 0.112. The maximum atomic E-state index is 13.1. The van der Waals surface area contributed by atoms with Crippen LogP contribution < -0.4 is 0 Å². The maximum Gasteiger partial charge on any atom is 0.151 e. The molecular weight excluding hydrogens is 265 g/mol. The van der Waals surface area contributed by atoms with Gasteiger partial charge in [0.25, 0.3) is 0 Å².